The molecule has 1 aliphatic heterocycles. The van der Waals surface area contributed by atoms with E-state index in [-0.39, 0.29) is 5.91 Å². The van der Waals surface area contributed by atoms with Crippen LogP contribution in [0.3, 0.4) is 0 Å². The first-order valence-corrected chi connectivity index (χ1v) is 9.05. The summed E-state index contributed by atoms with van der Waals surface area (Å²) >= 11 is 0. The van der Waals surface area contributed by atoms with Crippen LogP contribution < -0.4 is 15.4 Å². The normalized spacial score (nSPS) is 18.9. The molecule has 0 radical (unpaired) electrons. The van der Waals surface area contributed by atoms with Crippen molar-refractivity contribution >= 4 is 11.6 Å². The number of nitrogens with one attached hydrogen (secondary N) is 2. The molecule has 4 heteroatoms. The van der Waals surface area contributed by atoms with Crippen LogP contribution in [0.1, 0.15) is 55.5 Å². The highest BCUT2D eigenvalue weighted by Gasteiger charge is 2.34. The maximum Gasteiger partial charge on any atom is 0.255 e. The number of hydrogen-bond acceptors (Lipinski definition) is 3. The number of ether oxygens (including phenoxy) is 1. The lowest BCUT2D eigenvalue weighted by molar-refractivity contribution is 0.0906. The van der Waals surface area contributed by atoms with Crippen molar-refractivity contribution in [3.63, 3.8) is 0 Å². The predicted molar refractivity (Wildman–Crippen MR) is 101 cm³/mol. The highest BCUT2D eigenvalue weighted by atomic mass is 16.5. The molecule has 0 saturated carbocycles. The van der Waals surface area contributed by atoms with Gasteiger partial charge in [0.25, 0.3) is 5.91 Å². The summed E-state index contributed by atoms with van der Waals surface area (Å²) in [5, 5.41) is 6.49. The minimum Gasteiger partial charge on any atom is -0.494 e. The maximum atomic E-state index is 12.4. The topological polar surface area (TPSA) is 50.4 Å². The molecule has 0 spiro atoms. The molecule has 2 aromatic rings. The van der Waals surface area contributed by atoms with Gasteiger partial charge in [0.05, 0.1) is 12.2 Å². The van der Waals surface area contributed by atoms with Crippen molar-refractivity contribution < 1.29 is 9.53 Å². The van der Waals surface area contributed by atoms with E-state index in [1.54, 1.807) is 0 Å². The maximum absolute atomic E-state index is 12.4. The first kappa shape index (κ1) is 17.3. The molecule has 25 heavy (non-hydrogen) atoms. The average Bonchev–Trinajstić information content (AvgIpc) is 2.62. The van der Waals surface area contributed by atoms with Gasteiger partial charge in [-0.05, 0) is 43.2 Å². The van der Waals surface area contributed by atoms with Crippen LogP contribution in [0.4, 0.5) is 5.69 Å². The fourth-order valence-corrected chi connectivity index (χ4v) is 3.13. The van der Waals surface area contributed by atoms with Crippen molar-refractivity contribution in [3.05, 3.63) is 59.7 Å². The molecule has 1 heterocycles. The zero-order valence-corrected chi connectivity index (χ0v) is 15.0. The standard InChI is InChI=1S/C21H26N2O2/c1-3-4-5-8-15-25-17-13-11-16(12-14-17)21(2)22-19-10-7-6-9-18(19)20(24)23-21/h6-7,9-14,22H,3-5,8,15H2,1-2H3,(H,23,24). The number of hydrogen-bond donors (Lipinski definition) is 2. The second-order valence-corrected chi connectivity index (χ2v) is 6.68. The van der Waals surface area contributed by atoms with Gasteiger partial charge in [-0.15, -0.1) is 0 Å². The number of anilines is 1. The number of rotatable bonds is 7. The van der Waals surface area contributed by atoms with Crippen LogP contribution in [-0.2, 0) is 5.66 Å². The van der Waals surface area contributed by atoms with Gasteiger partial charge < -0.3 is 15.4 Å². The number of benzene rings is 2. The van der Waals surface area contributed by atoms with Crippen LogP contribution in [0.15, 0.2) is 48.5 Å². The summed E-state index contributed by atoms with van der Waals surface area (Å²) in [4.78, 5) is 12.4. The van der Waals surface area contributed by atoms with Crippen LogP contribution in [0, 0.1) is 0 Å². The highest BCUT2D eigenvalue weighted by molar-refractivity contribution is 6.02. The molecule has 0 bridgehead atoms. The van der Waals surface area contributed by atoms with Gasteiger partial charge >= 0.3 is 0 Å². The van der Waals surface area contributed by atoms with Gasteiger partial charge in [0.2, 0.25) is 0 Å². The summed E-state index contributed by atoms with van der Waals surface area (Å²) in [6, 6.07) is 15.5. The number of carbonyl (C=O) groups is 1. The zero-order chi connectivity index (χ0) is 17.7. The second kappa shape index (κ2) is 7.60. The van der Waals surface area contributed by atoms with E-state index in [0.29, 0.717) is 5.56 Å². The van der Waals surface area contributed by atoms with Crippen molar-refractivity contribution in [2.45, 2.75) is 45.2 Å². The van der Waals surface area contributed by atoms with E-state index in [2.05, 4.69) is 17.6 Å². The average molecular weight is 338 g/mol. The number of amides is 1. The van der Waals surface area contributed by atoms with Crippen molar-refractivity contribution in [3.8, 4) is 5.75 Å². The summed E-state index contributed by atoms with van der Waals surface area (Å²) < 4.78 is 5.80. The molecule has 132 valence electrons. The lowest BCUT2D eigenvalue weighted by Gasteiger charge is -2.38. The predicted octanol–water partition coefficient (Wildman–Crippen LogP) is 4.67. The van der Waals surface area contributed by atoms with Crippen molar-refractivity contribution in [2.75, 3.05) is 11.9 Å². The first-order valence-electron chi connectivity index (χ1n) is 9.05. The van der Waals surface area contributed by atoms with E-state index in [9.17, 15) is 4.79 Å². The quantitative estimate of drug-likeness (QED) is 0.721. The highest BCUT2D eigenvalue weighted by Crippen LogP contribution is 2.31. The fourth-order valence-electron chi connectivity index (χ4n) is 3.13. The monoisotopic (exact) mass is 338 g/mol. The minimum absolute atomic E-state index is 0.0619. The van der Waals surface area contributed by atoms with Gasteiger partial charge in [-0.2, -0.15) is 0 Å². The third-order valence-corrected chi connectivity index (χ3v) is 4.62. The second-order valence-electron chi connectivity index (χ2n) is 6.68. The molecule has 0 saturated heterocycles. The Balaban J connectivity index is 1.67. The molecule has 1 aliphatic rings. The Morgan fingerprint density at radius 3 is 2.48 bits per heavy atom. The number of unbranched alkanes of at least 4 members (excludes halogenated alkanes) is 3. The van der Waals surface area contributed by atoms with Gasteiger partial charge in [0.1, 0.15) is 11.4 Å². The third-order valence-electron chi connectivity index (χ3n) is 4.62. The molecule has 0 aliphatic carbocycles. The number of para-hydroxylation sites is 1. The van der Waals surface area contributed by atoms with Crippen LogP contribution in [0.5, 0.6) is 5.75 Å². The smallest absolute Gasteiger partial charge is 0.255 e. The Morgan fingerprint density at radius 2 is 1.72 bits per heavy atom. The van der Waals surface area contributed by atoms with E-state index in [1.165, 1.54) is 19.3 Å². The van der Waals surface area contributed by atoms with E-state index in [4.69, 9.17) is 4.74 Å². The lowest BCUT2D eigenvalue weighted by atomic mass is 9.96. The molecule has 1 atom stereocenters. The van der Waals surface area contributed by atoms with E-state index in [0.717, 1.165) is 30.0 Å². The molecule has 0 aromatic heterocycles. The summed E-state index contributed by atoms with van der Waals surface area (Å²) in [6.07, 6.45) is 4.78. The molecule has 2 N–H and O–H groups in total. The van der Waals surface area contributed by atoms with Crippen LogP contribution in [-0.4, -0.2) is 12.5 Å². The molecule has 4 nitrogen and oxygen atoms in total. The first-order chi connectivity index (χ1) is 12.1. The van der Waals surface area contributed by atoms with Gasteiger partial charge in [-0.1, -0.05) is 50.5 Å². The molecule has 1 amide bonds. The van der Waals surface area contributed by atoms with Gasteiger partial charge in [-0.3, -0.25) is 4.79 Å². The fraction of sp³-hybridized carbons (Fsp3) is 0.381. The summed E-state index contributed by atoms with van der Waals surface area (Å²) in [5.41, 5.74) is 1.89. The molecule has 1 unspecified atom stereocenters. The summed E-state index contributed by atoms with van der Waals surface area (Å²) in [6.45, 7) is 4.93. The van der Waals surface area contributed by atoms with Gasteiger partial charge in [0.15, 0.2) is 0 Å². The van der Waals surface area contributed by atoms with Gasteiger partial charge in [0, 0.05) is 5.69 Å². The third kappa shape index (κ3) is 3.95. The Hall–Kier alpha value is -2.49. The Labute approximate surface area is 149 Å². The Morgan fingerprint density at radius 1 is 0.960 bits per heavy atom. The molecular formula is C21H26N2O2. The number of fused-ring (bicyclic) bond motifs is 1. The Kier molecular flexibility index (Phi) is 5.27. The van der Waals surface area contributed by atoms with Crippen LogP contribution in [0.2, 0.25) is 0 Å². The van der Waals surface area contributed by atoms with E-state index < -0.39 is 5.66 Å². The van der Waals surface area contributed by atoms with Crippen LogP contribution in [0.25, 0.3) is 0 Å². The summed E-state index contributed by atoms with van der Waals surface area (Å²) in [7, 11) is 0. The largest absolute Gasteiger partial charge is 0.494 e. The molecular weight excluding hydrogens is 312 g/mol. The van der Waals surface area contributed by atoms with E-state index >= 15 is 0 Å². The lowest BCUT2D eigenvalue weighted by Crippen LogP contribution is -2.52. The van der Waals surface area contributed by atoms with Gasteiger partial charge in [-0.25, -0.2) is 0 Å². The molecule has 3 rings (SSSR count). The SMILES string of the molecule is CCCCCCOc1ccc(C2(C)NC(=O)c3ccccc3N2)cc1. The van der Waals surface area contributed by atoms with Crippen molar-refractivity contribution in [1.82, 2.24) is 5.32 Å². The van der Waals surface area contributed by atoms with Crippen LogP contribution >= 0.6 is 0 Å². The van der Waals surface area contributed by atoms with E-state index in [1.807, 2.05) is 55.5 Å². The van der Waals surface area contributed by atoms with Crippen molar-refractivity contribution in [1.29, 1.82) is 0 Å². The Bertz CT molecular complexity index is 727. The van der Waals surface area contributed by atoms with Crippen molar-refractivity contribution in [2.24, 2.45) is 0 Å². The molecule has 0 fully saturated rings. The minimum atomic E-state index is -0.634. The number of carbonyl (C=O) groups excluding carboxylic acids is 1. The molecule has 2 aromatic carbocycles. The zero-order valence-electron chi connectivity index (χ0n) is 15.0. The summed E-state index contributed by atoms with van der Waals surface area (Å²) in [5.74, 6) is 0.805.